The number of aliphatic hydroxyl groups is 1. The highest BCUT2D eigenvalue weighted by molar-refractivity contribution is 5.93. The quantitative estimate of drug-likeness (QED) is 0.711. The zero-order valence-corrected chi connectivity index (χ0v) is 15.0. The van der Waals surface area contributed by atoms with Crippen molar-refractivity contribution in [1.82, 2.24) is 20.7 Å². The van der Waals surface area contributed by atoms with Crippen LogP contribution in [0.1, 0.15) is 59.6 Å². The number of carbonyl (C=O) groups is 1. The molecule has 1 atom stereocenters. The molecule has 8 nitrogen and oxygen atoms in total. The molecule has 0 aliphatic heterocycles. The van der Waals surface area contributed by atoms with E-state index in [2.05, 4.69) is 20.7 Å². The van der Waals surface area contributed by atoms with Crippen LogP contribution in [-0.4, -0.2) is 32.4 Å². The van der Waals surface area contributed by atoms with Crippen LogP contribution < -0.4 is 5.32 Å². The summed E-state index contributed by atoms with van der Waals surface area (Å²) < 4.78 is 10.7. The number of hydrogen-bond donors (Lipinski definition) is 2. The molecule has 1 aliphatic carbocycles. The van der Waals surface area contributed by atoms with Gasteiger partial charge in [-0.2, -0.15) is 0 Å². The molecule has 0 unspecified atom stereocenters. The highest BCUT2D eigenvalue weighted by Crippen LogP contribution is 2.36. The van der Waals surface area contributed by atoms with Crippen LogP contribution in [0.15, 0.2) is 39.3 Å². The Hall–Kier alpha value is -3.00. The molecule has 1 aromatic carbocycles. The Morgan fingerprint density at radius 2 is 2.11 bits per heavy atom. The lowest BCUT2D eigenvalue weighted by molar-refractivity contribution is 0.0892. The maximum absolute atomic E-state index is 12.4. The summed E-state index contributed by atoms with van der Waals surface area (Å²) in [6.45, 7) is 3.57. The van der Waals surface area contributed by atoms with Gasteiger partial charge in [0.15, 0.2) is 11.5 Å². The smallest absolute Gasteiger partial charge is 0.273 e. The van der Waals surface area contributed by atoms with Crippen molar-refractivity contribution in [3.8, 4) is 11.3 Å². The molecule has 4 rings (SSSR count). The maximum Gasteiger partial charge on any atom is 0.273 e. The highest BCUT2D eigenvalue weighted by atomic mass is 16.5. The molecule has 0 saturated heterocycles. The molecule has 8 heteroatoms. The van der Waals surface area contributed by atoms with E-state index in [1.165, 1.54) is 0 Å². The first-order valence-electron chi connectivity index (χ1n) is 8.85. The summed E-state index contributed by atoms with van der Waals surface area (Å²) in [6, 6.07) is 9.48. The number of aliphatic hydroxyl groups excluding tert-OH is 1. The van der Waals surface area contributed by atoms with Crippen molar-refractivity contribution in [2.24, 2.45) is 0 Å². The molecule has 1 saturated carbocycles. The predicted octanol–water partition coefficient (Wildman–Crippen LogP) is 2.76. The molecular weight excluding hydrogens is 348 g/mol. The number of aryl methyl sites for hydroxylation is 1. The average Bonchev–Trinajstić information content (AvgIpc) is 3.27. The standard InChI is InChI=1S/C19H20N4O4/c1-10-4-3-5-12(6-10)16-9-15(23-27-16)17(25)20-14-7-13(8-14)19-22-21-18(26-19)11(2)24/h3-6,9,11,13-14,24H,7-8H2,1-2H3,(H,20,25)/t11-,13-,14-/m0/s1. The van der Waals surface area contributed by atoms with Crippen LogP contribution >= 0.6 is 0 Å². The zero-order chi connectivity index (χ0) is 19.0. The number of nitrogens with one attached hydrogen (secondary N) is 1. The Kier molecular flexibility index (Phi) is 4.49. The van der Waals surface area contributed by atoms with E-state index >= 15 is 0 Å². The Balaban J connectivity index is 1.34. The van der Waals surface area contributed by atoms with E-state index in [1.807, 2.05) is 31.2 Å². The number of aromatic nitrogens is 3. The third kappa shape index (κ3) is 3.61. The van der Waals surface area contributed by atoms with Gasteiger partial charge in [0.1, 0.15) is 6.10 Å². The second-order valence-electron chi connectivity index (χ2n) is 6.94. The second-order valence-corrected chi connectivity index (χ2v) is 6.94. The Morgan fingerprint density at radius 3 is 2.81 bits per heavy atom. The lowest BCUT2D eigenvalue weighted by atomic mass is 9.80. The van der Waals surface area contributed by atoms with E-state index in [0.29, 0.717) is 24.5 Å². The molecule has 3 aromatic rings. The van der Waals surface area contributed by atoms with Gasteiger partial charge >= 0.3 is 0 Å². The van der Waals surface area contributed by atoms with Gasteiger partial charge in [0, 0.05) is 23.6 Å². The van der Waals surface area contributed by atoms with E-state index in [1.54, 1.807) is 13.0 Å². The minimum atomic E-state index is -0.781. The number of hydrogen-bond acceptors (Lipinski definition) is 7. The molecule has 140 valence electrons. The van der Waals surface area contributed by atoms with Gasteiger partial charge in [0.25, 0.3) is 5.91 Å². The van der Waals surface area contributed by atoms with E-state index in [-0.39, 0.29) is 29.5 Å². The van der Waals surface area contributed by atoms with E-state index in [9.17, 15) is 9.90 Å². The summed E-state index contributed by atoms with van der Waals surface area (Å²) in [4.78, 5) is 12.4. The molecular formula is C19H20N4O4. The summed E-state index contributed by atoms with van der Waals surface area (Å²) in [7, 11) is 0. The summed E-state index contributed by atoms with van der Waals surface area (Å²) in [5, 5.41) is 24.0. The van der Waals surface area contributed by atoms with Gasteiger partial charge in [-0.05, 0) is 32.8 Å². The molecule has 2 aromatic heterocycles. The largest absolute Gasteiger partial charge is 0.422 e. The fraction of sp³-hybridized carbons (Fsp3) is 0.368. The number of carbonyl (C=O) groups excluding carboxylic acids is 1. The summed E-state index contributed by atoms with van der Waals surface area (Å²) >= 11 is 0. The number of amides is 1. The minimum absolute atomic E-state index is 0.0171. The van der Waals surface area contributed by atoms with Gasteiger partial charge in [0.05, 0.1) is 0 Å². The number of benzene rings is 1. The van der Waals surface area contributed by atoms with Gasteiger partial charge in [-0.1, -0.05) is 28.9 Å². The lowest BCUT2D eigenvalue weighted by Gasteiger charge is -2.33. The lowest BCUT2D eigenvalue weighted by Crippen LogP contribution is -2.43. The van der Waals surface area contributed by atoms with Crippen molar-refractivity contribution in [2.45, 2.75) is 44.8 Å². The topological polar surface area (TPSA) is 114 Å². The van der Waals surface area contributed by atoms with E-state index in [0.717, 1.165) is 11.1 Å². The predicted molar refractivity (Wildman–Crippen MR) is 94.8 cm³/mol. The van der Waals surface area contributed by atoms with Gasteiger partial charge in [0.2, 0.25) is 11.8 Å². The highest BCUT2D eigenvalue weighted by Gasteiger charge is 2.36. The molecule has 0 bridgehead atoms. The summed E-state index contributed by atoms with van der Waals surface area (Å²) in [5.41, 5.74) is 2.25. The molecule has 1 fully saturated rings. The fourth-order valence-corrected chi connectivity index (χ4v) is 3.09. The first-order valence-corrected chi connectivity index (χ1v) is 8.85. The fourth-order valence-electron chi connectivity index (χ4n) is 3.09. The molecule has 0 radical (unpaired) electrons. The van der Waals surface area contributed by atoms with Gasteiger partial charge in [-0.3, -0.25) is 4.79 Å². The van der Waals surface area contributed by atoms with E-state index in [4.69, 9.17) is 8.94 Å². The molecule has 2 heterocycles. The van der Waals surface area contributed by atoms with Crippen molar-refractivity contribution in [3.63, 3.8) is 0 Å². The Morgan fingerprint density at radius 1 is 1.30 bits per heavy atom. The van der Waals surface area contributed by atoms with Crippen molar-refractivity contribution >= 4 is 5.91 Å². The van der Waals surface area contributed by atoms with Crippen LogP contribution in [0.2, 0.25) is 0 Å². The number of nitrogens with zero attached hydrogens (tertiary/aromatic N) is 3. The first kappa shape index (κ1) is 17.4. The molecule has 27 heavy (non-hydrogen) atoms. The van der Waals surface area contributed by atoms with Gasteiger partial charge in [-0.15, -0.1) is 10.2 Å². The van der Waals surface area contributed by atoms with Crippen LogP contribution in [0, 0.1) is 6.92 Å². The normalized spacial score (nSPS) is 20.1. The van der Waals surface area contributed by atoms with E-state index < -0.39 is 6.10 Å². The zero-order valence-electron chi connectivity index (χ0n) is 15.0. The molecule has 0 spiro atoms. The van der Waals surface area contributed by atoms with Crippen LogP contribution in [-0.2, 0) is 0 Å². The van der Waals surface area contributed by atoms with Crippen molar-refractivity contribution in [3.05, 3.63) is 53.4 Å². The van der Waals surface area contributed by atoms with Crippen molar-refractivity contribution < 1.29 is 18.8 Å². The Labute approximate surface area is 155 Å². The minimum Gasteiger partial charge on any atom is -0.422 e. The molecule has 1 aliphatic rings. The third-order valence-electron chi connectivity index (χ3n) is 4.68. The average molecular weight is 368 g/mol. The first-order chi connectivity index (χ1) is 13.0. The van der Waals surface area contributed by atoms with Gasteiger partial charge < -0.3 is 19.4 Å². The summed E-state index contributed by atoms with van der Waals surface area (Å²) in [6.07, 6.45) is 0.627. The van der Waals surface area contributed by atoms with Crippen LogP contribution in [0.5, 0.6) is 0 Å². The molecule has 1 amide bonds. The SMILES string of the molecule is Cc1cccc(-c2cc(C(=O)N[C@H]3C[C@H](c4nnc([C@H](C)O)o4)C3)no2)c1. The number of rotatable bonds is 5. The van der Waals surface area contributed by atoms with Crippen LogP contribution in [0.3, 0.4) is 0 Å². The van der Waals surface area contributed by atoms with Crippen molar-refractivity contribution in [2.75, 3.05) is 0 Å². The van der Waals surface area contributed by atoms with Crippen molar-refractivity contribution in [1.29, 1.82) is 0 Å². The third-order valence-corrected chi connectivity index (χ3v) is 4.68. The monoisotopic (exact) mass is 368 g/mol. The summed E-state index contributed by atoms with van der Waals surface area (Å²) in [5.74, 6) is 1.10. The maximum atomic E-state index is 12.4. The molecule has 2 N–H and O–H groups in total. The Bertz CT molecular complexity index is 956. The second kappa shape index (κ2) is 6.96. The van der Waals surface area contributed by atoms with Gasteiger partial charge in [-0.25, -0.2) is 0 Å². The van der Waals surface area contributed by atoms with Crippen LogP contribution in [0.4, 0.5) is 0 Å². The van der Waals surface area contributed by atoms with Crippen LogP contribution in [0.25, 0.3) is 11.3 Å².